The Labute approximate surface area is 124 Å². The van der Waals surface area contributed by atoms with Gasteiger partial charge in [-0.25, -0.2) is 8.78 Å². The molecule has 2 aromatic carbocycles. The molecule has 1 saturated heterocycles. The van der Waals surface area contributed by atoms with E-state index in [0.717, 1.165) is 17.7 Å². The van der Waals surface area contributed by atoms with Crippen molar-refractivity contribution in [2.24, 2.45) is 0 Å². The van der Waals surface area contributed by atoms with Gasteiger partial charge < -0.3 is 5.73 Å². The Morgan fingerprint density at radius 1 is 1.19 bits per heavy atom. The third kappa shape index (κ3) is 2.58. The Kier molecular flexibility index (Phi) is 3.55. The lowest BCUT2D eigenvalue weighted by Crippen LogP contribution is -2.28. The van der Waals surface area contributed by atoms with E-state index in [0.29, 0.717) is 5.69 Å². The third-order valence-electron chi connectivity index (χ3n) is 3.23. The number of thioether (sulfide) groups is 1. The first-order chi connectivity index (χ1) is 10.1. The highest BCUT2D eigenvalue weighted by molar-refractivity contribution is 8.00. The number of anilines is 2. The lowest BCUT2D eigenvalue weighted by Gasteiger charge is -2.25. The van der Waals surface area contributed by atoms with Crippen LogP contribution >= 0.6 is 11.8 Å². The molecule has 108 valence electrons. The summed E-state index contributed by atoms with van der Waals surface area (Å²) in [6.07, 6.45) is 0. The highest BCUT2D eigenvalue weighted by atomic mass is 32.2. The Hall–Kier alpha value is -2.08. The van der Waals surface area contributed by atoms with Crippen molar-refractivity contribution >= 4 is 29.0 Å². The van der Waals surface area contributed by atoms with Crippen LogP contribution in [0, 0.1) is 11.6 Å². The predicted molar refractivity (Wildman–Crippen MR) is 79.9 cm³/mol. The summed E-state index contributed by atoms with van der Waals surface area (Å²) in [6.45, 7) is 0. The van der Waals surface area contributed by atoms with Gasteiger partial charge in [-0.2, -0.15) is 0 Å². The molecule has 1 unspecified atom stereocenters. The average molecular weight is 306 g/mol. The van der Waals surface area contributed by atoms with Crippen molar-refractivity contribution in [3.63, 3.8) is 0 Å². The van der Waals surface area contributed by atoms with Crippen LogP contribution in [0.2, 0.25) is 0 Å². The van der Waals surface area contributed by atoms with E-state index in [1.54, 1.807) is 18.2 Å². The first-order valence-electron chi connectivity index (χ1n) is 6.30. The standard InChI is InChI=1S/C15H12F2N2OS/c16-10-4-5-13(12(17)7-10)19-14(20)8-21-15(19)9-2-1-3-11(18)6-9/h1-7,15H,8,18H2. The molecule has 2 N–H and O–H groups in total. The molecule has 1 heterocycles. The normalized spacial score (nSPS) is 18.3. The number of halogens is 2. The molecule has 1 fully saturated rings. The minimum Gasteiger partial charge on any atom is -0.399 e. The fraction of sp³-hybridized carbons (Fsp3) is 0.133. The van der Waals surface area contributed by atoms with Gasteiger partial charge in [0, 0.05) is 11.8 Å². The number of nitrogen functional groups attached to an aromatic ring is 1. The van der Waals surface area contributed by atoms with Gasteiger partial charge in [-0.05, 0) is 29.8 Å². The number of amides is 1. The van der Waals surface area contributed by atoms with E-state index >= 15 is 0 Å². The number of benzene rings is 2. The number of hydrogen-bond donors (Lipinski definition) is 1. The van der Waals surface area contributed by atoms with Gasteiger partial charge in [0.1, 0.15) is 17.0 Å². The van der Waals surface area contributed by atoms with Gasteiger partial charge in [-0.15, -0.1) is 11.8 Å². The van der Waals surface area contributed by atoms with Crippen molar-refractivity contribution in [1.29, 1.82) is 0 Å². The summed E-state index contributed by atoms with van der Waals surface area (Å²) in [5.41, 5.74) is 7.23. The maximum absolute atomic E-state index is 14.0. The van der Waals surface area contributed by atoms with Crippen molar-refractivity contribution in [3.05, 3.63) is 59.7 Å². The van der Waals surface area contributed by atoms with Gasteiger partial charge >= 0.3 is 0 Å². The van der Waals surface area contributed by atoms with Crippen LogP contribution in [-0.2, 0) is 4.79 Å². The maximum atomic E-state index is 14.0. The molecule has 3 nitrogen and oxygen atoms in total. The van der Waals surface area contributed by atoms with E-state index in [-0.39, 0.29) is 22.7 Å². The summed E-state index contributed by atoms with van der Waals surface area (Å²) in [5.74, 6) is -1.38. The average Bonchev–Trinajstić information content (AvgIpc) is 2.81. The molecule has 21 heavy (non-hydrogen) atoms. The first-order valence-corrected chi connectivity index (χ1v) is 7.35. The second kappa shape index (κ2) is 5.37. The van der Waals surface area contributed by atoms with Gasteiger partial charge in [-0.1, -0.05) is 12.1 Å². The lowest BCUT2D eigenvalue weighted by molar-refractivity contribution is -0.115. The zero-order valence-electron chi connectivity index (χ0n) is 10.9. The highest BCUT2D eigenvalue weighted by Gasteiger charge is 2.35. The molecular weight excluding hydrogens is 294 g/mol. The maximum Gasteiger partial charge on any atom is 0.238 e. The number of hydrogen-bond acceptors (Lipinski definition) is 3. The smallest absolute Gasteiger partial charge is 0.238 e. The molecular formula is C15H12F2N2OS. The summed E-state index contributed by atoms with van der Waals surface area (Å²) in [7, 11) is 0. The van der Waals surface area contributed by atoms with E-state index in [1.165, 1.54) is 22.7 Å². The first kappa shape index (κ1) is 13.9. The van der Waals surface area contributed by atoms with E-state index in [2.05, 4.69) is 0 Å². The highest BCUT2D eigenvalue weighted by Crippen LogP contribution is 2.42. The quantitative estimate of drug-likeness (QED) is 0.866. The molecule has 2 aromatic rings. The van der Waals surface area contributed by atoms with E-state index in [9.17, 15) is 13.6 Å². The molecule has 1 aliphatic heterocycles. The van der Waals surface area contributed by atoms with Crippen molar-refractivity contribution in [2.75, 3.05) is 16.4 Å². The predicted octanol–water partition coefficient (Wildman–Crippen LogP) is 3.33. The summed E-state index contributed by atoms with van der Waals surface area (Å²) in [4.78, 5) is 13.4. The molecule has 0 aliphatic carbocycles. The number of carbonyl (C=O) groups excluding carboxylic acids is 1. The summed E-state index contributed by atoms with van der Waals surface area (Å²) in [5, 5.41) is -0.360. The SMILES string of the molecule is Nc1cccc(C2SCC(=O)N2c2ccc(F)cc2F)c1. The Morgan fingerprint density at radius 3 is 2.71 bits per heavy atom. The van der Waals surface area contributed by atoms with Crippen LogP contribution in [0.1, 0.15) is 10.9 Å². The van der Waals surface area contributed by atoms with Gasteiger partial charge in [0.25, 0.3) is 0 Å². The Bertz CT molecular complexity index is 708. The number of carbonyl (C=O) groups is 1. The van der Waals surface area contributed by atoms with E-state index in [4.69, 9.17) is 5.73 Å². The minimum atomic E-state index is -0.750. The molecule has 1 aliphatic rings. The molecule has 0 saturated carbocycles. The molecule has 0 radical (unpaired) electrons. The Balaban J connectivity index is 2.04. The third-order valence-corrected chi connectivity index (χ3v) is 4.45. The monoisotopic (exact) mass is 306 g/mol. The lowest BCUT2D eigenvalue weighted by atomic mass is 10.1. The van der Waals surface area contributed by atoms with Crippen molar-refractivity contribution in [3.8, 4) is 0 Å². The molecule has 1 amide bonds. The van der Waals surface area contributed by atoms with Gasteiger partial charge in [-0.3, -0.25) is 9.69 Å². The van der Waals surface area contributed by atoms with Crippen LogP contribution in [0.5, 0.6) is 0 Å². The summed E-state index contributed by atoms with van der Waals surface area (Å²) in [6, 6.07) is 10.3. The van der Waals surface area contributed by atoms with Crippen LogP contribution in [0.25, 0.3) is 0 Å². The topological polar surface area (TPSA) is 46.3 Å². The van der Waals surface area contributed by atoms with Crippen LogP contribution in [0.3, 0.4) is 0 Å². The van der Waals surface area contributed by atoms with Crippen molar-refractivity contribution in [2.45, 2.75) is 5.37 Å². The van der Waals surface area contributed by atoms with Gasteiger partial charge in [0.05, 0.1) is 11.4 Å². The van der Waals surface area contributed by atoms with Crippen LogP contribution in [-0.4, -0.2) is 11.7 Å². The van der Waals surface area contributed by atoms with Crippen molar-refractivity contribution < 1.29 is 13.6 Å². The second-order valence-electron chi connectivity index (χ2n) is 4.69. The van der Waals surface area contributed by atoms with Gasteiger partial charge in [0.2, 0.25) is 5.91 Å². The molecule has 6 heteroatoms. The fourth-order valence-electron chi connectivity index (χ4n) is 2.32. The second-order valence-corrected chi connectivity index (χ2v) is 5.76. The molecule has 0 spiro atoms. The van der Waals surface area contributed by atoms with Gasteiger partial charge in [0.15, 0.2) is 0 Å². The Morgan fingerprint density at radius 2 is 2.00 bits per heavy atom. The van der Waals surface area contributed by atoms with E-state index < -0.39 is 11.6 Å². The van der Waals surface area contributed by atoms with Crippen LogP contribution in [0.4, 0.5) is 20.2 Å². The summed E-state index contributed by atoms with van der Waals surface area (Å²) >= 11 is 1.39. The van der Waals surface area contributed by atoms with Crippen LogP contribution in [0.15, 0.2) is 42.5 Å². The largest absolute Gasteiger partial charge is 0.399 e. The zero-order valence-corrected chi connectivity index (χ0v) is 11.7. The number of rotatable bonds is 2. The number of nitrogens with zero attached hydrogens (tertiary/aromatic N) is 1. The van der Waals surface area contributed by atoms with Crippen LogP contribution < -0.4 is 10.6 Å². The minimum absolute atomic E-state index is 0.0822. The molecule has 1 atom stereocenters. The fourth-order valence-corrected chi connectivity index (χ4v) is 3.48. The molecule has 0 bridgehead atoms. The number of nitrogens with two attached hydrogens (primary N) is 1. The molecule has 0 aromatic heterocycles. The zero-order chi connectivity index (χ0) is 15.0. The van der Waals surface area contributed by atoms with E-state index in [1.807, 2.05) is 6.07 Å². The molecule has 3 rings (SSSR count). The summed E-state index contributed by atoms with van der Waals surface area (Å²) < 4.78 is 27.0. The van der Waals surface area contributed by atoms with Crippen molar-refractivity contribution in [1.82, 2.24) is 0 Å².